The summed E-state index contributed by atoms with van der Waals surface area (Å²) >= 11 is 0. The monoisotopic (exact) mass is 296 g/mol. The fourth-order valence-corrected chi connectivity index (χ4v) is 2.93. The van der Waals surface area contributed by atoms with Crippen molar-refractivity contribution in [2.75, 3.05) is 27.2 Å². The zero-order chi connectivity index (χ0) is 15.4. The molecule has 2 rings (SSSR count). The van der Waals surface area contributed by atoms with Crippen molar-refractivity contribution >= 4 is 17.8 Å². The molecule has 0 aromatic rings. The van der Waals surface area contributed by atoms with E-state index in [1.165, 1.54) is 9.80 Å². The highest BCUT2D eigenvalue weighted by Crippen LogP contribution is 2.27. The van der Waals surface area contributed by atoms with Crippen molar-refractivity contribution in [2.45, 2.75) is 44.2 Å². The van der Waals surface area contributed by atoms with Crippen LogP contribution in [0.5, 0.6) is 0 Å². The van der Waals surface area contributed by atoms with Gasteiger partial charge in [0.2, 0.25) is 11.8 Å². The minimum Gasteiger partial charge on any atom is -0.337 e. The van der Waals surface area contributed by atoms with Crippen LogP contribution in [0.3, 0.4) is 0 Å². The number of carbonyl (C=O) groups excluding carboxylic acids is 3. The van der Waals surface area contributed by atoms with Crippen molar-refractivity contribution < 1.29 is 14.4 Å². The number of rotatable bonds is 5. The lowest BCUT2D eigenvalue weighted by atomic mass is 10.2. The van der Waals surface area contributed by atoms with Crippen LogP contribution in [-0.2, 0) is 9.59 Å². The lowest BCUT2D eigenvalue weighted by Gasteiger charge is -2.22. The Kier molecular flexibility index (Phi) is 5.17. The molecule has 7 nitrogen and oxygen atoms in total. The number of hydrogen-bond acceptors (Lipinski definition) is 4. The van der Waals surface area contributed by atoms with Crippen molar-refractivity contribution in [1.29, 1.82) is 0 Å². The van der Waals surface area contributed by atoms with Crippen LogP contribution >= 0.6 is 0 Å². The molecule has 0 aromatic carbocycles. The van der Waals surface area contributed by atoms with Crippen LogP contribution in [0.25, 0.3) is 0 Å². The summed E-state index contributed by atoms with van der Waals surface area (Å²) < 4.78 is 0. The van der Waals surface area contributed by atoms with Gasteiger partial charge in [0.1, 0.15) is 0 Å². The zero-order valence-corrected chi connectivity index (χ0v) is 12.7. The van der Waals surface area contributed by atoms with E-state index in [1.807, 2.05) is 0 Å². The molecule has 1 saturated carbocycles. The van der Waals surface area contributed by atoms with E-state index in [-0.39, 0.29) is 30.3 Å². The predicted octanol–water partition coefficient (Wildman–Crippen LogP) is -0.0827. The van der Waals surface area contributed by atoms with Gasteiger partial charge in [0, 0.05) is 33.2 Å². The van der Waals surface area contributed by atoms with E-state index in [0.717, 1.165) is 25.7 Å². The van der Waals surface area contributed by atoms with E-state index < -0.39 is 6.04 Å². The van der Waals surface area contributed by atoms with E-state index in [2.05, 4.69) is 10.6 Å². The molecule has 2 fully saturated rings. The van der Waals surface area contributed by atoms with Crippen molar-refractivity contribution in [2.24, 2.45) is 0 Å². The first-order chi connectivity index (χ1) is 10.0. The Bertz CT molecular complexity index is 418. The highest BCUT2D eigenvalue weighted by molar-refractivity contribution is 6.05. The summed E-state index contributed by atoms with van der Waals surface area (Å²) in [6.45, 7) is 0.903. The first-order valence-electron chi connectivity index (χ1n) is 7.55. The number of likely N-dealkylation sites (tertiary alicyclic amines) is 1. The van der Waals surface area contributed by atoms with E-state index in [1.54, 1.807) is 14.1 Å². The molecule has 1 atom stereocenters. The third-order valence-electron chi connectivity index (χ3n) is 4.07. The van der Waals surface area contributed by atoms with Gasteiger partial charge in [-0.15, -0.1) is 0 Å². The summed E-state index contributed by atoms with van der Waals surface area (Å²) in [5, 5.41) is 5.78. The van der Waals surface area contributed by atoms with Crippen LogP contribution in [0, 0.1) is 0 Å². The normalized spacial score (nSPS) is 23.0. The number of imide groups is 1. The second-order valence-electron chi connectivity index (χ2n) is 5.88. The Morgan fingerprint density at radius 3 is 2.52 bits per heavy atom. The summed E-state index contributed by atoms with van der Waals surface area (Å²) in [6.07, 6.45) is 4.29. The summed E-state index contributed by atoms with van der Waals surface area (Å²) in [4.78, 5) is 38.5. The van der Waals surface area contributed by atoms with Crippen LogP contribution < -0.4 is 10.6 Å². The van der Waals surface area contributed by atoms with Gasteiger partial charge in [0.15, 0.2) is 0 Å². The topological polar surface area (TPSA) is 81.8 Å². The first-order valence-corrected chi connectivity index (χ1v) is 7.55. The summed E-state index contributed by atoms with van der Waals surface area (Å²) in [5.41, 5.74) is 0. The predicted molar refractivity (Wildman–Crippen MR) is 77.6 cm³/mol. The number of urea groups is 1. The standard InChI is InChI=1S/C14H24N4O3/c1-17(2)14(21)16-8-7-15-11-9-12(19)18(13(11)20)10-5-3-4-6-10/h10-11,15H,3-9H2,1-2H3,(H,16,21). The van der Waals surface area contributed by atoms with E-state index in [0.29, 0.717) is 13.1 Å². The van der Waals surface area contributed by atoms with Crippen LogP contribution in [-0.4, -0.2) is 66.9 Å². The lowest BCUT2D eigenvalue weighted by Crippen LogP contribution is -2.45. The van der Waals surface area contributed by atoms with Gasteiger partial charge in [-0.3, -0.25) is 14.5 Å². The fourth-order valence-electron chi connectivity index (χ4n) is 2.93. The third-order valence-corrected chi connectivity index (χ3v) is 4.07. The molecule has 2 N–H and O–H groups in total. The molecular formula is C14H24N4O3. The molecule has 2 aliphatic rings. The van der Waals surface area contributed by atoms with Crippen LogP contribution in [0.4, 0.5) is 4.79 Å². The van der Waals surface area contributed by atoms with Gasteiger partial charge < -0.3 is 15.5 Å². The highest BCUT2D eigenvalue weighted by atomic mass is 16.2. The molecular weight excluding hydrogens is 272 g/mol. The average Bonchev–Trinajstić information content (AvgIpc) is 3.03. The van der Waals surface area contributed by atoms with Crippen LogP contribution in [0.15, 0.2) is 0 Å². The number of nitrogens with one attached hydrogen (secondary N) is 2. The van der Waals surface area contributed by atoms with Gasteiger partial charge in [0.25, 0.3) is 0 Å². The molecule has 0 radical (unpaired) electrons. The molecule has 118 valence electrons. The lowest BCUT2D eigenvalue weighted by molar-refractivity contribution is -0.141. The minimum absolute atomic E-state index is 0.0678. The Morgan fingerprint density at radius 1 is 1.24 bits per heavy atom. The van der Waals surface area contributed by atoms with Crippen molar-refractivity contribution in [1.82, 2.24) is 20.4 Å². The van der Waals surface area contributed by atoms with E-state index in [4.69, 9.17) is 0 Å². The molecule has 7 heteroatoms. The molecule has 1 heterocycles. The molecule has 0 aromatic heterocycles. The van der Waals surface area contributed by atoms with E-state index in [9.17, 15) is 14.4 Å². The molecule has 0 bridgehead atoms. The second-order valence-corrected chi connectivity index (χ2v) is 5.88. The van der Waals surface area contributed by atoms with Gasteiger partial charge in [-0.2, -0.15) is 0 Å². The highest BCUT2D eigenvalue weighted by Gasteiger charge is 2.42. The minimum atomic E-state index is -0.436. The van der Waals surface area contributed by atoms with Gasteiger partial charge in [-0.05, 0) is 12.8 Å². The van der Waals surface area contributed by atoms with Crippen molar-refractivity contribution in [3.63, 3.8) is 0 Å². The van der Waals surface area contributed by atoms with Gasteiger partial charge in [0.05, 0.1) is 12.5 Å². The maximum absolute atomic E-state index is 12.3. The summed E-state index contributed by atoms with van der Waals surface area (Å²) in [7, 11) is 3.34. The van der Waals surface area contributed by atoms with Gasteiger partial charge in [-0.25, -0.2) is 4.79 Å². The second kappa shape index (κ2) is 6.89. The van der Waals surface area contributed by atoms with E-state index >= 15 is 0 Å². The zero-order valence-electron chi connectivity index (χ0n) is 12.7. The maximum atomic E-state index is 12.3. The molecule has 1 aliphatic carbocycles. The number of hydrogen-bond donors (Lipinski definition) is 2. The Balaban J connectivity index is 1.76. The van der Waals surface area contributed by atoms with Gasteiger partial charge in [-0.1, -0.05) is 12.8 Å². The van der Waals surface area contributed by atoms with Crippen LogP contribution in [0.1, 0.15) is 32.1 Å². The number of amides is 4. The average molecular weight is 296 g/mol. The van der Waals surface area contributed by atoms with Crippen molar-refractivity contribution in [3.05, 3.63) is 0 Å². The van der Waals surface area contributed by atoms with Crippen molar-refractivity contribution in [3.8, 4) is 0 Å². The summed E-state index contributed by atoms with van der Waals surface area (Å²) in [6, 6.07) is -0.502. The summed E-state index contributed by atoms with van der Waals surface area (Å²) in [5.74, 6) is -0.174. The Hall–Kier alpha value is -1.63. The molecule has 1 aliphatic heterocycles. The Labute approximate surface area is 125 Å². The SMILES string of the molecule is CN(C)C(=O)NCCNC1CC(=O)N(C2CCCC2)C1=O. The molecule has 1 saturated heterocycles. The quantitative estimate of drug-likeness (QED) is 0.549. The van der Waals surface area contributed by atoms with Gasteiger partial charge >= 0.3 is 6.03 Å². The third kappa shape index (κ3) is 3.72. The smallest absolute Gasteiger partial charge is 0.316 e. The molecule has 1 unspecified atom stereocenters. The largest absolute Gasteiger partial charge is 0.337 e. The molecule has 21 heavy (non-hydrogen) atoms. The number of carbonyl (C=O) groups is 3. The molecule has 0 spiro atoms. The fraction of sp³-hybridized carbons (Fsp3) is 0.786. The number of nitrogens with zero attached hydrogens (tertiary/aromatic N) is 2. The van der Waals surface area contributed by atoms with Crippen LogP contribution in [0.2, 0.25) is 0 Å². The first kappa shape index (κ1) is 15.8. The maximum Gasteiger partial charge on any atom is 0.316 e. The Morgan fingerprint density at radius 2 is 1.90 bits per heavy atom. The molecule has 4 amide bonds.